The van der Waals surface area contributed by atoms with Crippen LogP contribution in [-0.4, -0.2) is 44.6 Å². The van der Waals surface area contributed by atoms with Crippen LogP contribution < -0.4 is 4.72 Å². The van der Waals surface area contributed by atoms with Crippen molar-refractivity contribution >= 4 is 10.0 Å². The minimum atomic E-state index is -3.50. The first kappa shape index (κ1) is 14.5. The zero-order valence-corrected chi connectivity index (χ0v) is 11.9. The van der Waals surface area contributed by atoms with E-state index in [-0.39, 0.29) is 17.5 Å². The average molecular weight is 284 g/mol. The highest BCUT2D eigenvalue weighted by molar-refractivity contribution is 7.89. The molecule has 2 rings (SSSR count). The summed E-state index contributed by atoms with van der Waals surface area (Å²) in [6, 6.07) is 6.37. The van der Waals surface area contributed by atoms with E-state index < -0.39 is 10.0 Å². The molecule has 19 heavy (non-hydrogen) atoms. The van der Waals surface area contributed by atoms with Crippen molar-refractivity contribution in [2.24, 2.45) is 0 Å². The molecule has 0 radical (unpaired) electrons. The second-order valence-corrected chi connectivity index (χ2v) is 6.74. The van der Waals surface area contributed by atoms with Gasteiger partial charge in [-0.25, -0.2) is 13.1 Å². The predicted molar refractivity (Wildman–Crippen MR) is 73.2 cm³/mol. The molecule has 0 saturated carbocycles. The monoisotopic (exact) mass is 284 g/mol. The van der Waals surface area contributed by atoms with Gasteiger partial charge in [-0.2, -0.15) is 0 Å². The van der Waals surface area contributed by atoms with Crippen LogP contribution in [0.15, 0.2) is 29.2 Å². The summed E-state index contributed by atoms with van der Waals surface area (Å²) >= 11 is 0. The van der Waals surface area contributed by atoms with Gasteiger partial charge < -0.3 is 10.0 Å². The second kappa shape index (κ2) is 6.00. The van der Waals surface area contributed by atoms with Crippen LogP contribution in [0.3, 0.4) is 0 Å². The third-order valence-electron chi connectivity index (χ3n) is 3.34. The summed E-state index contributed by atoms with van der Waals surface area (Å²) in [7, 11) is -1.51. The Kier molecular flexibility index (Phi) is 4.57. The van der Waals surface area contributed by atoms with E-state index in [0.29, 0.717) is 5.56 Å². The first-order chi connectivity index (χ1) is 9.01. The van der Waals surface area contributed by atoms with Gasteiger partial charge in [0.2, 0.25) is 10.0 Å². The number of aliphatic hydroxyl groups excluding tert-OH is 1. The maximum Gasteiger partial charge on any atom is 0.240 e. The number of nitrogens with one attached hydrogen (secondary N) is 1. The predicted octanol–water partition coefficient (Wildman–Crippen LogP) is 0.551. The van der Waals surface area contributed by atoms with Crippen LogP contribution in [0.5, 0.6) is 0 Å². The number of sulfonamides is 1. The third kappa shape index (κ3) is 3.76. The van der Waals surface area contributed by atoms with Crippen molar-refractivity contribution in [3.63, 3.8) is 0 Å². The molecular weight excluding hydrogens is 264 g/mol. The smallest absolute Gasteiger partial charge is 0.240 e. The van der Waals surface area contributed by atoms with Crippen LogP contribution >= 0.6 is 0 Å². The van der Waals surface area contributed by atoms with E-state index in [1.54, 1.807) is 18.2 Å². The molecule has 1 aliphatic rings. The molecule has 1 unspecified atom stereocenters. The summed E-state index contributed by atoms with van der Waals surface area (Å²) in [4.78, 5) is 2.34. The van der Waals surface area contributed by atoms with Gasteiger partial charge in [0.05, 0.1) is 11.5 Å². The summed E-state index contributed by atoms with van der Waals surface area (Å²) in [6.45, 7) is 1.59. The van der Waals surface area contributed by atoms with Gasteiger partial charge >= 0.3 is 0 Å². The van der Waals surface area contributed by atoms with Crippen LogP contribution in [0.25, 0.3) is 0 Å². The molecular formula is C13H20N2O3S. The molecule has 1 atom stereocenters. The van der Waals surface area contributed by atoms with Crippen molar-refractivity contribution in [2.75, 3.05) is 20.1 Å². The number of aliphatic hydroxyl groups is 1. The number of benzene rings is 1. The molecule has 1 aromatic carbocycles. The fourth-order valence-corrected chi connectivity index (χ4v) is 3.69. The molecule has 1 aromatic rings. The highest BCUT2D eigenvalue weighted by Crippen LogP contribution is 2.15. The zero-order chi connectivity index (χ0) is 13.9. The number of hydrogen-bond donors (Lipinski definition) is 2. The van der Waals surface area contributed by atoms with Gasteiger partial charge in [0.25, 0.3) is 0 Å². The molecule has 2 N–H and O–H groups in total. The molecule has 106 valence electrons. The van der Waals surface area contributed by atoms with Gasteiger partial charge in [-0.05, 0) is 44.1 Å². The Morgan fingerprint density at radius 1 is 1.47 bits per heavy atom. The quantitative estimate of drug-likeness (QED) is 0.847. The van der Waals surface area contributed by atoms with Crippen LogP contribution in [-0.2, 0) is 16.6 Å². The van der Waals surface area contributed by atoms with E-state index in [0.717, 1.165) is 25.9 Å². The highest BCUT2D eigenvalue weighted by atomic mass is 32.2. The molecule has 0 amide bonds. The van der Waals surface area contributed by atoms with Crippen molar-refractivity contribution < 1.29 is 13.5 Å². The topological polar surface area (TPSA) is 69.6 Å². The van der Waals surface area contributed by atoms with Crippen molar-refractivity contribution in [3.05, 3.63) is 29.8 Å². The van der Waals surface area contributed by atoms with Gasteiger partial charge in [-0.1, -0.05) is 12.1 Å². The highest BCUT2D eigenvalue weighted by Gasteiger charge is 2.23. The van der Waals surface area contributed by atoms with E-state index in [1.807, 2.05) is 7.05 Å². The maximum atomic E-state index is 12.3. The molecule has 0 aliphatic carbocycles. The van der Waals surface area contributed by atoms with E-state index in [1.165, 1.54) is 6.07 Å². The second-order valence-electron chi connectivity index (χ2n) is 5.03. The number of likely N-dealkylation sites (tertiary alicyclic amines) is 1. The summed E-state index contributed by atoms with van der Waals surface area (Å²) in [5, 5.41) is 9.06. The Hall–Kier alpha value is -0.950. The Morgan fingerprint density at radius 3 is 2.95 bits per heavy atom. The normalized spacial score (nSPS) is 21.5. The number of rotatable bonds is 4. The Bertz CT molecular complexity index is 530. The molecule has 6 heteroatoms. The van der Waals surface area contributed by atoms with Gasteiger partial charge in [-0.3, -0.25) is 0 Å². The number of nitrogens with zero attached hydrogens (tertiary/aromatic N) is 1. The van der Waals surface area contributed by atoms with Gasteiger partial charge in [0.15, 0.2) is 0 Å². The molecule has 5 nitrogen and oxygen atoms in total. The van der Waals surface area contributed by atoms with E-state index in [4.69, 9.17) is 5.11 Å². The van der Waals surface area contributed by atoms with Crippen molar-refractivity contribution in [1.29, 1.82) is 0 Å². The minimum Gasteiger partial charge on any atom is -0.392 e. The van der Waals surface area contributed by atoms with Crippen LogP contribution in [0, 0.1) is 0 Å². The lowest BCUT2D eigenvalue weighted by atomic mass is 10.1. The lowest BCUT2D eigenvalue weighted by Crippen LogP contribution is -2.46. The van der Waals surface area contributed by atoms with Gasteiger partial charge in [-0.15, -0.1) is 0 Å². The van der Waals surface area contributed by atoms with Crippen molar-refractivity contribution in [1.82, 2.24) is 9.62 Å². The lowest BCUT2D eigenvalue weighted by Gasteiger charge is -2.30. The number of likely N-dealkylation sites (N-methyl/N-ethyl adjacent to an activating group) is 1. The fourth-order valence-electron chi connectivity index (χ4n) is 2.36. The maximum absolute atomic E-state index is 12.3. The zero-order valence-electron chi connectivity index (χ0n) is 11.0. The Morgan fingerprint density at radius 2 is 2.26 bits per heavy atom. The van der Waals surface area contributed by atoms with Crippen molar-refractivity contribution in [3.8, 4) is 0 Å². The number of piperidine rings is 1. The molecule has 0 aromatic heterocycles. The van der Waals surface area contributed by atoms with E-state index >= 15 is 0 Å². The molecule has 1 heterocycles. The average Bonchev–Trinajstić information content (AvgIpc) is 2.38. The fraction of sp³-hybridized carbons (Fsp3) is 0.538. The molecule has 0 bridgehead atoms. The van der Waals surface area contributed by atoms with E-state index in [9.17, 15) is 8.42 Å². The SMILES string of the molecule is CN1CCCC(NS(=O)(=O)c2cccc(CO)c2)C1. The summed E-state index contributed by atoms with van der Waals surface area (Å²) in [5.41, 5.74) is 0.601. The minimum absolute atomic E-state index is 0.0402. The standard InChI is InChI=1S/C13H20N2O3S/c1-15-7-3-5-12(9-15)14-19(17,18)13-6-2-4-11(8-13)10-16/h2,4,6,8,12,14,16H,3,5,7,9-10H2,1H3. The Balaban J connectivity index is 2.13. The first-order valence-electron chi connectivity index (χ1n) is 6.42. The molecule has 0 spiro atoms. The summed E-state index contributed by atoms with van der Waals surface area (Å²) < 4.78 is 27.3. The molecule has 1 aliphatic heterocycles. The third-order valence-corrected chi connectivity index (χ3v) is 4.86. The number of hydrogen-bond acceptors (Lipinski definition) is 4. The summed E-state index contributed by atoms with van der Waals surface area (Å²) in [5.74, 6) is 0. The van der Waals surface area contributed by atoms with Gasteiger partial charge in [0.1, 0.15) is 0 Å². The van der Waals surface area contributed by atoms with Crippen LogP contribution in [0.1, 0.15) is 18.4 Å². The van der Waals surface area contributed by atoms with Crippen LogP contribution in [0.4, 0.5) is 0 Å². The van der Waals surface area contributed by atoms with Crippen molar-refractivity contribution in [2.45, 2.75) is 30.4 Å². The largest absolute Gasteiger partial charge is 0.392 e. The first-order valence-corrected chi connectivity index (χ1v) is 7.90. The summed E-state index contributed by atoms with van der Waals surface area (Å²) in [6.07, 6.45) is 1.86. The molecule has 1 fully saturated rings. The lowest BCUT2D eigenvalue weighted by molar-refractivity contribution is 0.242. The molecule has 1 saturated heterocycles. The Labute approximate surface area is 114 Å². The van der Waals surface area contributed by atoms with Crippen LogP contribution in [0.2, 0.25) is 0 Å². The van der Waals surface area contributed by atoms with E-state index in [2.05, 4.69) is 9.62 Å². The van der Waals surface area contributed by atoms with Gasteiger partial charge in [0, 0.05) is 12.6 Å².